The van der Waals surface area contributed by atoms with Crippen molar-refractivity contribution >= 4 is 5.84 Å². The number of rotatable bonds is 16. The van der Waals surface area contributed by atoms with Crippen LogP contribution in [0.5, 0.6) is 5.75 Å². The Labute approximate surface area is 202 Å². The normalized spacial score (nSPS) is 20.0. The highest BCUT2D eigenvalue weighted by atomic mass is 16.5. The van der Waals surface area contributed by atoms with Crippen LogP contribution in [0.1, 0.15) is 124 Å². The Hall–Kier alpha value is -1.75. The van der Waals surface area contributed by atoms with Crippen molar-refractivity contribution in [1.82, 2.24) is 5.06 Å². The molecule has 5 nitrogen and oxygen atoms in total. The summed E-state index contributed by atoms with van der Waals surface area (Å²) in [5.74, 6) is 1.01. The van der Waals surface area contributed by atoms with E-state index < -0.39 is 11.1 Å². The summed E-state index contributed by atoms with van der Waals surface area (Å²) in [7, 11) is 0. The molecular weight excluding hydrogens is 412 g/mol. The minimum absolute atomic E-state index is 0.218. The second-order valence-electron chi connectivity index (χ2n) is 10.4. The topological polar surface area (TPSA) is 58.4 Å². The van der Waals surface area contributed by atoms with Crippen molar-refractivity contribution in [3.63, 3.8) is 0 Å². The maximum absolute atomic E-state index is 13.4. The predicted molar refractivity (Wildman–Crippen MR) is 136 cm³/mol. The molecule has 187 valence electrons. The highest BCUT2D eigenvalue weighted by Gasteiger charge is 2.61. The largest absolute Gasteiger partial charge is 0.714 e. The molecule has 0 N–H and O–H groups in total. The average Bonchev–Trinajstić information content (AvgIpc) is 2.93. The molecule has 2 rings (SSSR count). The molecule has 0 saturated heterocycles. The van der Waals surface area contributed by atoms with Gasteiger partial charge in [-0.3, -0.25) is 4.74 Å². The van der Waals surface area contributed by atoms with Crippen molar-refractivity contribution in [3.05, 3.63) is 35.0 Å². The van der Waals surface area contributed by atoms with E-state index in [0.29, 0.717) is 12.2 Å². The number of nitrogens with zero attached hydrogens (tertiary/aromatic N) is 2. The molecule has 0 aromatic heterocycles. The zero-order valence-corrected chi connectivity index (χ0v) is 21.8. The lowest BCUT2D eigenvalue weighted by Gasteiger charge is -2.36. The van der Waals surface area contributed by atoms with Crippen molar-refractivity contribution in [2.75, 3.05) is 6.61 Å². The third kappa shape index (κ3) is 6.88. The molecule has 0 spiro atoms. The monoisotopic (exact) mass is 459 g/mol. The second-order valence-corrected chi connectivity index (χ2v) is 10.4. The fourth-order valence-corrected chi connectivity index (χ4v) is 4.71. The van der Waals surface area contributed by atoms with Gasteiger partial charge in [0.1, 0.15) is 5.75 Å². The lowest BCUT2D eigenvalue weighted by molar-refractivity contribution is -0.546. The minimum Gasteiger partial charge on any atom is -0.714 e. The predicted octanol–water partition coefficient (Wildman–Crippen LogP) is 7.63. The van der Waals surface area contributed by atoms with E-state index in [4.69, 9.17) is 4.74 Å². The SMILES string of the molecule is CCCCCCCCOc1ccc(C2=[N+]([O-])[C@@](C)(CCCCCCCC)C(C)(C)N2[O])cc1. The maximum Gasteiger partial charge on any atom is 0.316 e. The smallest absolute Gasteiger partial charge is 0.316 e. The van der Waals surface area contributed by atoms with E-state index in [-0.39, 0.29) is 5.84 Å². The standard InChI is InChI=1S/C28H47N2O3/c1-6-8-10-12-14-16-22-28(5)27(3,4)29(31)26(30(28)32)24-18-20-25(21-19-24)33-23-17-15-13-11-9-7-2/h18-21H,6-17,22-23H2,1-5H3/t28-/m0/s1. The van der Waals surface area contributed by atoms with Gasteiger partial charge in [-0.05, 0) is 64.3 Å². The van der Waals surface area contributed by atoms with Gasteiger partial charge >= 0.3 is 5.84 Å². The van der Waals surface area contributed by atoms with E-state index >= 15 is 0 Å². The molecule has 1 radical (unpaired) electrons. The quantitative estimate of drug-likeness (QED) is 0.145. The first kappa shape index (κ1) is 27.5. The first-order chi connectivity index (χ1) is 15.8. The van der Waals surface area contributed by atoms with Crippen LogP contribution in [-0.2, 0) is 5.21 Å². The molecule has 0 bridgehead atoms. The Balaban J connectivity index is 1.98. The van der Waals surface area contributed by atoms with Gasteiger partial charge in [0.15, 0.2) is 11.1 Å². The third-order valence-electron chi connectivity index (χ3n) is 7.55. The van der Waals surface area contributed by atoms with Gasteiger partial charge in [0.25, 0.3) is 0 Å². The van der Waals surface area contributed by atoms with Gasteiger partial charge in [-0.1, -0.05) is 83.1 Å². The highest BCUT2D eigenvalue weighted by Crippen LogP contribution is 2.41. The summed E-state index contributed by atoms with van der Waals surface area (Å²) in [6.45, 7) is 10.9. The van der Waals surface area contributed by atoms with E-state index in [0.717, 1.165) is 41.2 Å². The van der Waals surface area contributed by atoms with Crippen LogP contribution in [0.2, 0.25) is 0 Å². The molecule has 0 saturated carbocycles. The van der Waals surface area contributed by atoms with E-state index in [1.165, 1.54) is 57.8 Å². The molecule has 1 heterocycles. The number of hydrogen-bond donors (Lipinski definition) is 0. The summed E-state index contributed by atoms with van der Waals surface area (Å²) in [5, 5.41) is 27.6. The van der Waals surface area contributed by atoms with Crippen molar-refractivity contribution in [2.24, 2.45) is 0 Å². The van der Waals surface area contributed by atoms with E-state index in [2.05, 4.69) is 13.8 Å². The third-order valence-corrected chi connectivity index (χ3v) is 7.55. The summed E-state index contributed by atoms with van der Waals surface area (Å²) >= 11 is 0. The van der Waals surface area contributed by atoms with Crippen molar-refractivity contribution in [1.29, 1.82) is 0 Å². The fourth-order valence-electron chi connectivity index (χ4n) is 4.71. The van der Waals surface area contributed by atoms with E-state index in [9.17, 15) is 10.4 Å². The summed E-state index contributed by atoms with van der Waals surface area (Å²) in [6, 6.07) is 7.43. The molecule has 33 heavy (non-hydrogen) atoms. The van der Waals surface area contributed by atoms with Gasteiger partial charge in [-0.2, -0.15) is 0 Å². The molecule has 1 aromatic rings. The Morgan fingerprint density at radius 3 is 1.91 bits per heavy atom. The molecule has 1 aromatic carbocycles. The summed E-state index contributed by atoms with van der Waals surface area (Å²) < 4.78 is 6.85. The van der Waals surface area contributed by atoms with E-state index in [1.54, 1.807) is 0 Å². The van der Waals surface area contributed by atoms with Gasteiger partial charge in [-0.15, -0.1) is 0 Å². The van der Waals surface area contributed by atoms with Crippen molar-refractivity contribution in [3.8, 4) is 5.75 Å². The molecule has 1 aliphatic heterocycles. The molecule has 0 unspecified atom stereocenters. The second kappa shape index (κ2) is 13.2. The lowest BCUT2D eigenvalue weighted by atomic mass is 9.78. The zero-order valence-electron chi connectivity index (χ0n) is 21.8. The zero-order chi connectivity index (χ0) is 24.3. The summed E-state index contributed by atoms with van der Waals surface area (Å²) in [4.78, 5) is 0. The van der Waals surface area contributed by atoms with Crippen LogP contribution >= 0.6 is 0 Å². The number of amidine groups is 1. The number of ether oxygens (including phenoxy) is 1. The molecule has 1 atom stereocenters. The number of benzene rings is 1. The van der Waals surface area contributed by atoms with Crippen molar-refractivity contribution < 1.29 is 14.7 Å². The molecule has 1 aliphatic rings. The van der Waals surface area contributed by atoms with Gasteiger partial charge in [-0.25, -0.2) is 0 Å². The Bertz CT molecular complexity index is 729. The molecule has 0 fully saturated rings. The van der Waals surface area contributed by atoms with Crippen LogP contribution in [0.25, 0.3) is 0 Å². The van der Waals surface area contributed by atoms with Crippen molar-refractivity contribution in [2.45, 2.75) is 129 Å². The lowest BCUT2D eigenvalue weighted by Crippen LogP contribution is -2.55. The highest BCUT2D eigenvalue weighted by molar-refractivity contribution is 5.96. The molecule has 0 amide bonds. The minimum atomic E-state index is -0.791. The van der Waals surface area contributed by atoms with Crippen LogP contribution in [-0.4, -0.2) is 33.3 Å². The first-order valence-corrected chi connectivity index (χ1v) is 13.3. The molecule has 0 aliphatic carbocycles. The number of unbranched alkanes of at least 4 members (excludes halogenated alkanes) is 10. The van der Waals surface area contributed by atoms with Crippen LogP contribution in [0, 0.1) is 5.21 Å². The summed E-state index contributed by atoms with van der Waals surface area (Å²) in [6.07, 6.45) is 15.1. The molecule has 5 heteroatoms. The van der Waals surface area contributed by atoms with Crippen LogP contribution < -0.4 is 4.74 Å². The van der Waals surface area contributed by atoms with E-state index in [1.807, 2.05) is 45.0 Å². The van der Waals surface area contributed by atoms with Gasteiger partial charge in [0.05, 0.1) is 12.2 Å². The first-order valence-electron chi connectivity index (χ1n) is 13.3. The number of hydroxylamine groups is 3. The van der Waals surface area contributed by atoms with Gasteiger partial charge < -0.3 is 9.94 Å². The Morgan fingerprint density at radius 1 is 0.818 bits per heavy atom. The average molecular weight is 460 g/mol. The van der Waals surface area contributed by atoms with Gasteiger partial charge in [0.2, 0.25) is 0 Å². The van der Waals surface area contributed by atoms with Crippen LogP contribution in [0.4, 0.5) is 0 Å². The molecular formula is C28H47N2O3. The van der Waals surface area contributed by atoms with Crippen LogP contribution in [0.3, 0.4) is 0 Å². The van der Waals surface area contributed by atoms with Gasteiger partial charge in [0, 0.05) is 5.21 Å². The number of hydrogen-bond acceptors (Lipinski definition) is 3. The Morgan fingerprint density at radius 2 is 1.33 bits per heavy atom. The fraction of sp³-hybridized carbons (Fsp3) is 0.750. The van der Waals surface area contributed by atoms with Crippen LogP contribution in [0.15, 0.2) is 24.3 Å². The maximum atomic E-state index is 13.4. The summed E-state index contributed by atoms with van der Waals surface area (Å²) in [5.41, 5.74) is -0.881. The Kier molecular flexibility index (Phi) is 11.0.